The molecule has 2 saturated heterocycles. The van der Waals surface area contributed by atoms with Gasteiger partial charge < -0.3 is 15.0 Å². The molecule has 5 heteroatoms. The summed E-state index contributed by atoms with van der Waals surface area (Å²) in [7, 11) is 0. The SMILES string of the molecule is CC1NCCN(C(=O)C2CCCCO2)C1C.Cl. The molecule has 1 N–H and O–H groups in total. The van der Waals surface area contributed by atoms with Gasteiger partial charge in [0.25, 0.3) is 5.91 Å². The first-order valence-corrected chi connectivity index (χ1v) is 6.35. The minimum absolute atomic E-state index is 0. The molecular formula is C12H23ClN2O2. The zero-order chi connectivity index (χ0) is 11.5. The Morgan fingerprint density at radius 1 is 1.35 bits per heavy atom. The topological polar surface area (TPSA) is 41.6 Å². The van der Waals surface area contributed by atoms with Gasteiger partial charge in [0.1, 0.15) is 6.10 Å². The number of hydrogen-bond acceptors (Lipinski definition) is 3. The maximum absolute atomic E-state index is 12.3. The lowest BCUT2D eigenvalue weighted by Gasteiger charge is -2.40. The van der Waals surface area contributed by atoms with Crippen LogP contribution in [0, 0.1) is 0 Å². The third-order valence-electron chi connectivity index (χ3n) is 3.77. The van der Waals surface area contributed by atoms with Crippen LogP contribution in [0.15, 0.2) is 0 Å². The highest BCUT2D eigenvalue weighted by atomic mass is 35.5. The smallest absolute Gasteiger partial charge is 0.252 e. The van der Waals surface area contributed by atoms with E-state index in [4.69, 9.17) is 4.74 Å². The molecule has 0 radical (unpaired) electrons. The summed E-state index contributed by atoms with van der Waals surface area (Å²) in [5.74, 6) is 0.195. The molecule has 0 aromatic heterocycles. The summed E-state index contributed by atoms with van der Waals surface area (Å²) in [5, 5.41) is 3.38. The zero-order valence-corrected chi connectivity index (χ0v) is 11.5. The van der Waals surface area contributed by atoms with E-state index in [1.54, 1.807) is 0 Å². The number of carbonyl (C=O) groups is 1. The minimum Gasteiger partial charge on any atom is -0.368 e. The van der Waals surface area contributed by atoms with Crippen molar-refractivity contribution in [3.8, 4) is 0 Å². The first-order valence-electron chi connectivity index (χ1n) is 6.35. The van der Waals surface area contributed by atoms with E-state index < -0.39 is 0 Å². The van der Waals surface area contributed by atoms with Crippen molar-refractivity contribution in [2.45, 2.75) is 51.3 Å². The Hall–Kier alpha value is -0.320. The number of rotatable bonds is 1. The molecule has 2 aliphatic rings. The largest absolute Gasteiger partial charge is 0.368 e. The van der Waals surface area contributed by atoms with Gasteiger partial charge in [-0.1, -0.05) is 0 Å². The average molecular weight is 263 g/mol. The lowest BCUT2D eigenvalue weighted by Crippen LogP contribution is -2.59. The normalized spacial score (nSPS) is 34.0. The number of amides is 1. The van der Waals surface area contributed by atoms with Gasteiger partial charge in [0.05, 0.1) is 0 Å². The molecule has 4 nitrogen and oxygen atoms in total. The van der Waals surface area contributed by atoms with E-state index >= 15 is 0 Å². The molecule has 2 heterocycles. The summed E-state index contributed by atoms with van der Waals surface area (Å²) < 4.78 is 5.56. The molecule has 1 amide bonds. The minimum atomic E-state index is -0.179. The molecule has 0 aromatic carbocycles. The average Bonchev–Trinajstić information content (AvgIpc) is 2.33. The molecule has 3 atom stereocenters. The highest BCUT2D eigenvalue weighted by molar-refractivity contribution is 5.85. The number of carbonyl (C=O) groups excluding carboxylic acids is 1. The van der Waals surface area contributed by atoms with E-state index in [0.29, 0.717) is 6.04 Å². The summed E-state index contributed by atoms with van der Waals surface area (Å²) in [4.78, 5) is 14.3. The number of halogens is 1. The Morgan fingerprint density at radius 3 is 2.76 bits per heavy atom. The molecule has 3 unspecified atom stereocenters. The van der Waals surface area contributed by atoms with Crippen molar-refractivity contribution >= 4 is 18.3 Å². The second kappa shape index (κ2) is 6.57. The Kier molecular flexibility index (Phi) is 5.70. The predicted molar refractivity (Wildman–Crippen MR) is 69.5 cm³/mol. The van der Waals surface area contributed by atoms with Crippen molar-refractivity contribution in [1.82, 2.24) is 10.2 Å². The van der Waals surface area contributed by atoms with Crippen LogP contribution in [0.4, 0.5) is 0 Å². The molecule has 0 aromatic rings. The van der Waals surface area contributed by atoms with Gasteiger partial charge in [-0.25, -0.2) is 0 Å². The van der Waals surface area contributed by atoms with Gasteiger partial charge in [-0.05, 0) is 33.1 Å². The van der Waals surface area contributed by atoms with Gasteiger partial charge in [-0.2, -0.15) is 0 Å². The number of ether oxygens (including phenoxy) is 1. The third-order valence-corrected chi connectivity index (χ3v) is 3.77. The van der Waals surface area contributed by atoms with Crippen molar-refractivity contribution in [2.24, 2.45) is 0 Å². The van der Waals surface area contributed by atoms with Crippen LogP contribution < -0.4 is 5.32 Å². The van der Waals surface area contributed by atoms with Crippen molar-refractivity contribution in [1.29, 1.82) is 0 Å². The van der Waals surface area contributed by atoms with Crippen LogP contribution in [-0.2, 0) is 9.53 Å². The molecular weight excluding hydrogens is 240 g/mol. The first kappa shape index (κ1) is 14.7. The fourth-order valence-electron chi connectivity index (χ4n) is 2.49. The summed E-state index contributed by atoms with van der Waals surface area (Å²) in [6.45, 7) is 6.68. The Balaban J connectivity index is 0.00000144. The van der Waals surface area contributed by atoms with Gasteiger partial charge in [0.2, 0.25) is 0 Å². The van der Waals surface area contributed by atoms with Crippen LogP contribution in [0.2, 0.25) is 0 Å². The van der Waals surface area contributed by atoms with Gasteiger partial charge in [-0.3, -0.25) is 4.79 Å². The fourth-order valence-corrected chi connectivity index (χ4v) is 2.49. The lowest BCUT2D eigenvalue weighted by atomic mass is 10.0. The standard InChI is InChI=1S/C12H22N2O2.ClH/c1-9-10(2)14(7-6-13-9)12(15)11-5-3-4-8-16-11;/h9-11,13H,3-8H2,1-2H3;1H. The van der Waals surface area contributed by atoms with Gasteiger partial charge in [0.15, 0.2) is 0 Å². The van der Waals surface area contributed by atoms with Gasteiger partial charge >= 0.3 is 0 Å². The molecule has 0 aliphatic carbocycles. The predicted octanol–water partition coefficient (Wildman–Crippen LogP) is 1.19. The number of hydrogen-bond donors (Lipinski definition) is 1. The van der Waals surface area contributed by atoms with Crippen molar-refractivity contribution in [3.05, 3.63) is 0 Å². The highest BCUT2D eigenvalue weighted by Gasteiger charge is 2.33. The highest BCUT2D eigenvalue weighted by Crippen LogP contribution is 2.18. The van der Waals surface area contributed by atoms with Crippen LogP contribution in [0.3, 0.4) is 0 Å². The second-order valence-corrected chi connectivity index (χ2v) is 4.87. The van der Waals surface area contributed by atoms with Gasteiger partial charge in [0, 0.05) is 31.8 Å². The monoisotopic (exact) mass is 262 g/mol. The van der Waals surface area contributed by atoms with Crippen molar-refractivity contribution < 1.29 is 9.53 Å². The molecule has 2 fully saturated rings. The quantitative estimate of drug-likeness (QED) is 0.772. The van der Waals surface area contributed by atoms with Crippen molar-refractivity contribution in [2.75, 3.05) is 19.7 Å². The van der Waals surface area contributed by atoms with E-state index in [-0.39, 0.29) is 30.5 Å². The molecule has 0 bridgehead atoms. The number of piperazine rings is 1. The van der Waals surface area contributed by atoms with E-state index in [9.17, 15) is 4.79 Å². The Labute approximate surface area is 109 Å². The fraction of sp³-hybridized carbons (Fsp3) is 0.917. The number of nitrogens with one attached hydrogen (secondary N) is 1. The van der Waals surface area contributed by atoms with Crippen LogP contribution in [0.5, 0.6) is 0 Å². The van der Waals surface area contributed by atoms with Gasteiger partial charge in [-0.15, -0.1) is 12.4 Å². The van der Waals surface area contributed by atoms with Crippen molar-refractivity contribution in [3.63, 3.8) is 0 Å². The van der Waals surface area contributed by atoms with E-state index in [0.717, 1.165) is 39.0 Å². The molecule has 2 aliphatic heterocycles. The third kappa shape index (κ3) is 3.33. The van der Waals surface area contributed by atoms with Crippen LogP contribution in [-0.4, -0.2) is 48.7 Å². The summed E-state index contributed by atoms with van der Waals surface area (Å²) in [6, 6.07) is 0.646. The van der Waals surface area contributed by atoms with Crippen LogP contribution in [0.25, 0.3) is 0 Å². The first-order chi connectivity index (χ1) is 7.70. The maximum atomic E-state index is 12.3. The van der Waals surface area contributed by atoms with E-state index in [1.165, 1.54) is 0 Å². The van der Waals surface area contributed by atoms with E-state index in [2.05, 4.69) is 19.2 Å². The zero-order valence-electron chi connectivity index (χ0n) is 10.6. The summed E-state index contributed by atoms with van der Waals surface area (Å²) in [6.07, 6.45) is 2.93. The van der Waals surface area contributed by atoms with Crippen LogP contribution in [0.1, 0.15) is 33.1 Å². The lowest BCUT2D eigenvalue weighted by molar-refractivity contribution is -0.150. The Morgan fingerprint density at radius 2 is 2.12 bits per heavy atom. The van der Waals surface area contributed by atoms with E-state index in [1.807, 2.05) is 4.90 Å². The Bertz CT molecular complexity index is 257. The van der Waals surface area contributed by atoms with Crippen LogP contribution >= 0.6 is 12.4 Å². The molecule has 0 spiro atoms. The summed E-state index contributed by atoms with van der Waals surface area (Å²) in [5.41, 5.74) is 0. The molecule has 2 rings (SSSR count). The summed E-state index contributed by atoms with van der Waals surface area (Å²) >= 11 is 0. The molecule has 100 valence electrons. The molecule has 17 heavy (non-hydrogen) atoms. The number of nitrogens with zero attached hydrogens (tertiary/aromatic N) is 1. The second-order valence-electron chi connectivity index (χ2n) is 4.87. The maximum Gasteiger partial charge on any atom is 0.252 e. The molecule has 0 saturated carbocycles.